The second-order valence-corrected chi connectivity index (χ2v) is 5.26. The number of hydrogen-bond donors (Lipinski definition) is 0. The molecule has 0 N–H and O–H groups in total. The zero-order chi connectivity index (χ0) is 15.4. The summed E-state index contributed by atoms with van der Waals surface area (Å²) < 4.78 is 0. The van der Waals surface area contributed by atoms with Gasteiger partial charge in [-0.25, -0.2) is 4.79 Å². The summed E-state index contributed by atoms with van der Waals surface area (Å²) >= 11 is 0. The summed E-state index contributed by atoms with van der Waals surface area (Å²) in [4.78, 5) is 41.1. The monoisotopic (exact) mass is 289 g/mol. The highest BCUT2D eigenvalue weighted by Gasteiger charge is 2.39. The lowest BCUT2D eigenvalue weighted by molar-refractivity contribution is -0.173. The lowest BCUT2D eigenvalue weighted by Gasteiger charge is -2.16. The molecule has 112 valence electrons. The third kappa shape index (κ3) is 3.12. The summed E-state index contributed by atoms with van der Waals surface area (Å²) in [6.07, 6.45) is 3.73. The molecule has 0 spiro atoms. The first-order valence-electron chi connectivity index (χ1n) is 7.26. The number of carbonyl (C=O) groups excluding carboxylic acids is 3. The SMILES string of the molecule is CCCCCC(C)C(=O)ON1C(=O)c2ccccc2C1=O. The first-order valence-corrected chi connectivity index (χ1v) is 7.26. The molecule has 0 saturated carbocycles. The summed E-state index contributed by atoms with van der Waals surface area (Å²) in [5.41, 5.74) is 0.544. The standard InChI is InChI=1S/C16H19NO4/c1-3-4-5-8-11(2)16(20)21-17-14(18)12-9-6-7-10-13(12)15(17)19/h6-7,9-11H,3-5,8H2,1-2H3. The number of unbranched alkanes of at least 4 members (excludes halogenated alkanes) is 2. The molecule has 1 aromatic carbocycles. The molecule has 21 heavy (non-hydrogen) atoms. The van der Waals surface area contributed by atoms with Crippen molar-refractivity contribution in [3.8, 4) is 0 Å². The summed E-state index contributed by atoms with van der Waals surface area (Å²) in [6.45, 7) is 3.83. The van der Waals surface area contributed by atoms with Gasteiger partial charge in [-0.2, -0.15) is 0 Å². The third-order valence-electron chi connectivity index (χ3n) is 3.58. The lowest BCUT2D eigenvalue weighted by atomic mass is 10.0. The molecule has 2 amide bonds. The van der Waals surface area contributed by atoms with E-state index in [9.17, 15) is 14.4 Å². The predicted molar refractivity (Wildman–Crippen MR) is 76.3 cm³/mol. The van der Waals surface area contributed by atoms with Crippen molar-refractivity contribution in [2.75, 3.05) is 0 Å². The molecule has 1 atom stereocenters. The van der Waals surface area contributed by atoms with Crippen molar-refractivity contribution in [1.82, 2.24) is 5.06 Å². The average molecular weight is 289 g/mol. The molecule has 0 fully saturated rings. The van der Waals surface area contributed by atoms with Gasteiger partial charge in [0.2, 0.25) is 0 Å². The van der Waals surface area contributed by atoms with Crippen LogP contribution >= 0.6 is 0 Å². The predicted octanol–water partition coefficient (Wildman–Crippen LogP) is 2.96. The van der Waals surface area contributed by atoms with Crippen LogP contribution in [0.5, 0.6) is 0 Å². The molecule has 0 bridgehead atoms. The Balaban J connectivity index is 2.00. The zero-order valence-electron chi connectivity index (χ0n) is 12.3. The van der Waals surface area contributed by atoms with Crippen LogP contribution in [-0.2, 0) is 9.63 Å². The molecule has 1 aromatic rings. The van der Waals surface area contributed by atoms with Gasteiger partial charge in [-0.1, -0.05) is 50.3 Å². The molecule has 0 saturated heterocycles. The van der Waals surface area contributed by atoms with Crippen LogP contribution in [0.15, 0.2) is 24.3 Å². The minimum Gasteiger partial charge on any atom is -0.329 e. The Morgan fingerprint density at radius 3 is 2.24 bits per heavy atom. The quantitative estimate of drug-likeness (QED) is 0.596. The topological polar surface area (TPSA) is 63.7 Å². The van der Waals surface area contributed by atoms with Gasteiger partial charge in [0.15, 0.2) is 0 Å². The molecular weight excluding hydrogens is 270 g/mol. The van der Waals surface area contributed by atoms with E-state index in [1.807, 2.05) is 0 Å². The number of hydroxylamine groups is 2. The maximum atomic E-state index is 12.1. The lowest BCUT2D eigenvalue weighted by Crippen LogP contribution is -2.34. The molecule has 0 aromatic heterocycles. The average Bonchev–Trinajstić information content (AvgIpc) is 2.73. The second-order valence-electron chi connectivity index (χ2n) is 5.26. The van der Waals surface area contributed by atoms with Gasteiger partial charge in [0.25, 0.3) is 11.8 Å². The van der Waals surface area contributed by atoms with E-state index < -0.39 is 17.8 Å². The van der Waals surface area contributed by atoms with Crippen LogP contribution in [0, 0.1) is 5.92 Å². The largest absolute Gasteiger partial charge is 0.335 e. The summed E-state index contributed by atoms with van der Waals surface area (Å²) in [7, 11) is 0. The Morgan fingerprint density at radius 1 is 1.14 bits per heavy atom. The van der Waals surface area contributed by atoms with E-state index in [4.69, 9.17) is 4.84 Å². The second kappa shape index (κ2) is 6.52. The summed E-state index contributed by atoms with van der Waals surface area (Å²) in [5, 5.41) is 0.573. The van der Waals surface area contributed by atoms with Gasteiger partial charge in [0.1, 0.15) is 0 Å². The molecule has 5 nitrogen and oxygen atoms in total. The van der Waals surface area contributed by atoms with E-state index in [-0.39, 0.29) is 17.0 Å². The van der Waals surface area contributed by atoms with Crippen LogP contribution in [0.4, 0.5) is 0 Å². The van der Waals surface area contributed by atoms with Crippen molar-refractivity contribution in [1.29, 1.82) is 0 Å². The van der Waals surface area contributed by atoms with Crippen LogP contribution < -0.4 is 0 Å². The van der Waals surface area contributed by atoms with Gasteiger partial charge in [-0.05, 0) is 18.6 Å². The first-order chi connectivity index (χ1) is 10.1. The van der Waals surface area contributed by atoms with Gasteiger partial charge < -0.3 is 4.84 Å². The van der Waals surface area contributed by atoms with Crippen molar-refractivity contribution < 1.29 is 19.2 Å². The highest BCUT2D eigenvalue weighted by atomic mass is 16.7. The van der Waals surface area contributed by atoms with Crippen LogP contribution in [-0.4, -0.2) is 22.8 Å². The minimum atomic E-state index is -0.579. The molecule has 1 unspecified atom stereocenters. The minimum absolute atomic E-state index is 0.272. The fraction of sp³-hybridized carbons (Fsp3) is 0.438. The van der Waals surface area contributed by atoms with Crippen molar-refractivity contribution in [2.24, 2.45) is 5.92 Å². The highest BCUT2D eigenvalue weighted by molar-refractivity contribution is 6.20. The van der Waals surface area contributed by atoms with Gasteiger partial charge >= 0.3 is 5.97 Å². The molecule has 0 radical (unpaired) electrons. The molecule has 2 rings (SSSR count). The van der Waals surface area contributed by atoms with Crippen molar-refractivity contribution >= 4 is 17.8 Å². The number of amides is 2. The fourth-order valence-electron chi connectivity index (χ4n) is 2.25. The van der Waals surface area contributed by atoms with Gasteiger partial charge in [-0.3, -0.25) is 9.59 Å². The molecule has 1 aliphatic heterocycles. The van der Waals surface area contributed by atoms with Crippen molar-refractivity contribution in [2.45, 2.75) is 39.5 Å². The number of rotatable bonds is 6. The maximum Gasteiger partial charge on any atom is 0.335 e. The van der Waals surface area contributed by atoms with Crippen LogP contribution in [0.1, 0.15) is 60.2 Å². The fourth-order valence-corrected chi connectivity index (χ4v) is 2.25. The normalized spacial score (nSPS) is 15.0. The van der Waals surface area contributed by atoms with Gasteiger partial charge in [0.05, 0.1) is 17.0 Å². The van der Waals surface area contributed by atoms with Crippen LogP contribution in [0.25, 0.3) is 0 Å². The Morgan fingerprint density at radius 2 is 1.71 bits per heavy atom. The molecule has 0 aliphatic carbocycles. The number of imide groups is 1. The summed E-state index contributed by atoms with van der Waals surface area (Å²) in [5.74, 6) is -2.03. The van der Waals surface area contributed by atoms with E-state index in [2.05, 4.69) is 6.92 Å². The van der Waals surface area contributed by atoms with E-state index in [1.54, 1.807) is 31.2 Å². The summed E-state index contributed by atoms with van der Waals surface area (Å²) in [6, 6.07) is 6.44. The Bertz CT molecular complexity index is 532. The van der Waals surface area contributed by atoms with Gasteiger partial charge in [-0.15, -0.1) is 0 Å². The molecule has 1 aliphatic rings. The van der Waals surface area contributed by atoms with Crippen molar-refractivity contribution in [3.63, 3.8) is 0 Å². The number of benzene rings is 1. The smallest absolute Gasteiger partial charge is 0.329 e. The van der Waals surface area contributed by atoms with E-state index in [1.165, 1.54) is 0 Å². The Kier molecular flexibility index (Phi) is 4.73. The van der Waals surface area contributed by atoms with E-state index >= 15 is 0 Å². The van der Waals surface area contributed by atoms with Crippen LogP contribution in [0.3, 0.4) is 0 Å². The first kappa shape index (κ1) is 15.2. The Hall–Kier alpha value is -2.17. The number of carbonyl (C=O) groups is 3. The van der Waals surface area contributed by atoms with Gasteiger partial charge in [0, 0.05) is 0 Å². The van der Waals surface area contributed by atoms with Crippen molar-refractivity contribution in [3.05, 3.63) is 35.4 Å². The van der Waals surface area contributed by atoms with E-state index in [0.717, 1.165) is 19.3 Å². The number of hydrogen-bond acceptors (Lipinski definition) is 4. The zero-order valence-corrected chi connectivity index (χ0v) is 12.3. The molecule has 5 heteroatoms. The molecule has 1 heterocycles. The highest BCUT2D eigenvalue weighted by Crippen LogP contribution is 2.23. The third-order valence-corrected chi connectivity index (χ3v) is 3.58. The molecular formula is C16H19NO4. The Labute approximate surface area is 123 Å². The number of nitrogens with zero attached hydrogens (tertiary/aromatic N) is 1. The maximum absolute atomic E-state index is 12.1. The van der Waals surface area contributed by atoms with Crippen LogP contribution in [0.2, 0.25) is 0 Å². The number of fused-ring (bicyclic) bond motifs is 1. The van der Waals surface area contributed by atoms with E-state index in [0.29, 0.717) is 11.5 Å².